The van der Waals surface area contributed by atoms with Crippen LogP contribution in [-0.2, 0) is 19.5 Å². The Bertz CT molecular complexity index is 1370. The van der Waals surface area contributed by atoms with Gasteiger partial charge >= 0.3 is 6.18 Å². The summed E-state index contributed by atoms with van der Waals surface area (Å²) in [6.07, 6.45) is -3.02. The molecule has 182 valence electrons. The van der Waals surface area contributed by atoms with E-state index in [0.717, 1.165) is 17.8 Å². The molecular formula is C23H18ClF4N5O2. The van der Waals surface area contributed by atoms with Crippen molar-refractivity contribution in [3.8, 4) is 5.75 Å². The van der Waals surface area contributed by atoms with Gasteiger partial charge in [-0.05, 0) is 48.9 Å². The molecule has 0 unspecified atom stereocenters. The van der Waals surface area contributed by atoms with Crippen LogP contribution >= 0.6 is 11.6 Å². The molecule has 0 radical (unpaired) electrons. The smallest absolute Gasteiger partial charge is 0.416 e. The Balaban J connectivity index is 1.37. The van der Waals surface area contributed by atoms with Crippen LogP contribution in [0.1, 0.15) is 27.3 Å². The molecule has 12 heteroatoms. The zero-order valence-corrected chi connectivity index (χ0v) is 18.9. The Hall–Kier alpha value is -3.86. The molecule has 1 N–H and O–H groups in total. The summed E-state index contributed by atoms with van der Waals surface area (Å²) in [5.74, 6) is -0.681. The van der Waals surface area contributed by atoms with Crippen molar-refractivity contribution < 1.29 is 27.1 Å². The van der Waals surface area contributed by atoms with Crippen molar-refractivity contribution >= 4 is 23.3 Å². The molecule has 1 amide bonds. The average molecular weight is 508 g/mol. The minimum Gasteiger partial charge on any atom is -0.471 e. The molecule has 0 atom stereocenters. The number of anilines is 1. The number of benzene rings is 2. The van der Waals surface area contributed by atoms with Gasteiger partial charge in [-0.25, -0.2) is 9.07 Å². The van der Waals surface area contributed by atoms with E-state index in [4.69, 9.17) is 16.3 Å². The number of aromatic nitrogens is 4. The molecule has 0 aliphatic rings. The number of alkyl halides is 3. The Morgan fingerprint density at radius 2 is 1.91 bits per heavy atom. The normalized spacial score (nSPS) is 11.5. The zero-order valence-electron chi connectivity index (χ0n) is 18.2. The number of hydrogen-bond acceptors (Lipinski definition) is 4. The minimum absolute atomic E-state index is 0.0172. The summed E-state index contributed by atoms with van der Waals surface area (Å²) in [5.41, 5.74) is 0.635. The maximum absolute atomic E-state index is 13.3. The van der Waals surface area contributed by atoms with Crippen molar-refractivity contribution in [2.75, 3.05) is 5.32 Å². The molecule has 7 nitrogen and oxygen atoms in total. The van der Waals surface area contributed by atoms with Gasteiger partial charge in [-0.3, -0.25) is 9.48 Å². The van der Waals surface area contributed by atoms with E-state index in [-0.39, 0.29) is 35.6 Å². The number of amides is 1. The number of ether oxygens (including phenoxy) is 1. The Morgan fingerprint density at radius 1 is 1.11 bits per heavy atom. The molecule has 2 heterocycles. The molecule has 0 saturated heterocycles. The maximum Gasteiger partial charge on any atom is 0.416 e. The number of carbonyl (C=O) groups is 1. The van der Waals surface area contributed by atoms with E-state index < -0.39 is 23.5 Å². The van der Waals surface area contributed by atoms with Crippen LogP contribution < -0.4 is 10.1 Å². The van der Waals surface area contributed by atoms with E-state index in [9.17, 15) is 22.4 Å². The highest BCUT2D eigenvalue weighted by atomic mass is 35.5. The van der Waals surface area contributed by atoms with E-state index in [0.29, 0.717) is 5.56 Å². The van der Waals surface area contributed by atoms with Crippen molar-refractivity contribution in [1.82, 2.24) is 19.6 Å². The van der Waals surface area contributed by atoms with Gasteiger partial charge in [0, 0.05) is 23.0 Å². The quantitative estimate of drug-likeness (QED) is 0.333. The largest absolute Gasteiger partial charge is 0.471 e. The lowest BCUT2D eigenvalue weighted by Gasteiger charge is -2.10. The molecule has 0 aliphatic heterocycles. The molecule has 4 aromatic rings. The van der Waals surface area contributed by atoms with Gasteiger partial charge in [0.15, 0.2) is 18.2 Å². The lowest BCUT2D eigenvalue weighted by Crippen LogP contribution is -2.15. The summed E-state index contributed by atoms with van der Waals surface area (Å²) in [6, 6.07) is 11.6. The number of nitrogens with zero attached hydrogens (tertiary/aromatic N) is 4. The minimum atomic E-state index is -4.48. The highest BCUT2D eigenvalue weighted by Gasteiger charge is 2.30. The van der Waals surface area contributed by atoms with Crippen molar-refractivity contribution in [1.29, 1.82) is 0 Å². The van der Waals surface area contributed by atoms with Crippen LogP contribution in [0.25, 0.3) is 0 Å². The summed E-state index contributed by atoms with van der Waals surface area (Å²) in [5, 5.41) is 11.3. The van der Waals surface area contributed by atoms with E-state index in [2.05, 4.69) is 15.5 Å². The van der Waals surface area contributed by atoms with E-state index in [1.807, 2.05) is 0 Å². The second-order valence-corrected chi connectivity index (χ2v) is 7.97. The van der Waals surface area contributed by atoms with E-state index >= 15 is 0 Å². The van der Waals surface area contributed by atoms with Crippen LogP contribution in [0.15, 0.2) is 60.8 Å². The van der Waals surface area contributed by atoms with E-state index in [1.165, 1.54) is 41.2 Å². The summed E-state index contributed by atoms with van der Waals surface area (Å²) in [4.78, 5) is 12.6. The number of carbonyl (C=O) groups excluding carboxylic acids is 1. The van der Waals surface area contributed by atoms with Gasteiger partial charge in [-0.1, -0.05) is 23.7 Å². The molecule has 2 aromatic carbocycles. The number of halogens is 5. The van der Waals surface area contributed by atoms with Crippen molar-refractivity contribution in [3.05, 3.63) is 94.1 Å². The van der Waals surface area contributed by atoms with Crippen LogP contribution in [0.4, 0.5) is 23.4 Å². The molecule has 0 aliphatic carbocycles. The third-order valence-corrected chi connectivity index (χ3v) is 5.31. The number of nitrogens with one attached hydrogen (secondary N) is 1. The first-order chi connectivity index (χ1) is 16.6. The number of rotatable bonds is 7. The highest BCUT2D eigenvalue weighted by molar-refractivity contribution is 6.31. The molecule has 0 bridgehead atoms. The van der Waals surface area contributed by atoms with Crippen molar-refractivity contribution in [2.45, 2.75) is 26.4 Å². The molecule has 0 fully saturated rings. The predicted octanol–water partition coefficient (Wildman–Crippen LogP) is 5.54. The third-order valence-electron chi connectivity index (χ3n) is 4.96. The van der Waals surface area contributed by atoms with Crippen LogP contribution in [-0.4, -0.2) is 25.5 Å². The molecule has 4 rings (SSSR count). The fourth-order valence-corrected chi connectivity index (χ4v) is 3.41. The molecule has 0 spiro atoms. The fraction of sp³-hybridized carbons (Fsp3) is 0.174. The summed E-state index contributed by atoms with van der Waals surface area (Å²) < 4.78 is 60.0. The van der Waals surface area contributed by atoms with E-state index in [1.54, 1.807) is 23.7 Å². The lowest BCUT2D eigenvalue weighted by atomic mass is 10.2. The van der Waals surface area contributed by atoms with Gasteiger partial charge in [0.05, 0.1) is 12.1 Å². The first kappa shape index (κ1) is 24.3. The Morgan fingerprint density at radius 3 is 2.66 bits per heavy atom. The Labute approximate surface area is 201 Å². The van der Waals surface area contributed by atoms with Crippen molar-refractivity contribution in [3.63, 3.8) is 0 Å². The second-order valence-electron chi connectivity index (χ2n) is 7.56. The average Bonchev–Trinajstić information content (AvgIpc) is 3.40. The van der Waals surface area contributed by atoms with Gasteiger partial charge in [0.2, 0.25) is 0 Å². The monoisotopic (exact) mass is 507 g/mol. The van der Waals surface area contributed by atoms with Crippen molar-refractivity contribution in [2.24, 2.45) is 0 Å². The topological polar surface area (TPSA) is 74.0 Å². The summed E-state index contributed by atoms with van der Waals surface area (Å²) >= 11 is 6.08. The SMILES string of the molecule is Cc1cc(NC(=O)c2ccn(COc3cccc(C(F)(F)F)c3)n2)nn1Cc1ccc(F)cc1Cl. The van der Waals surface area contributed by atoms with Crippen LogP contribution in [0.3, 0.4) is 0 Å². The maximum atomic E-state index is 13.3. The van der Waals surface area contributed by atoms with Gasteiger partial charge < -0.3 is 10.1 Å². The molecule has 2 aromatic heterocycles. The first-order valence-electron chi connectivity index (χ1n) is 10.2. The third kappa shape index (κ3) is 5.99. The van der Waals surface area contributed by atoms with Crippen LogP contribution in [0.5, 0.6) is 5.75 Å². The summed E-state index contributed by atoms with van der Waals surface area (Å²) in [7, 11) is 0. The van der Waals surface area contributed by atoms with Gasteiger partial charge in [0.25, 0.3) is 5.91 Å². The first-order valence-corrected chi connectivity index (χ1v) is 10.6. The lowest BCUT2D eigenvalue weighted by molar-refractivity contribution is -0.137. The van der Waals surface area contributed by atoms with Gasteiger partial charge in [-0.15, -0.1) is 0 Å². The molecule has 35 heavy (non-hydrogen) atoms. The molecular weight excluding hydrogens is 490 g/mol. The Kier molecular flexibility index (Phi) is 6.79. The standard InChI is InChI=1S/C23H18ClF4N5O2/c1-14-9-21(31-33(14)12-15-5-6-17(25)11-19(15)24)29-22(34)20-7-8-32(30-20)13-35-18-4-2-3-16(10-18)23(26,27)28/h2-11H,12-13H2,1H3,(H,29,31,34). The predicted molar refractivity (Wildman–Crippen MR) is 120 cm³/mol. The summed E-state index contributed by atoms with van der Waals surface area (Å²) in [6.45, 7) is 1.88. The van der Waals surface area contributed by atoms with Gasteiger partial charge in [0.1, 0.15) is 11.6 Å². The molecule has 0 saturated carbocycles. The zero-order chi connectivity index (χ0) is 25.2. The fourth-order valence-electron chi connectivity index (χ4n) is 3.18. The van der Waals surface area contributed by atoms with Crippen LogP contribution in [0.2, 0.25) is 5.02 Å². The number of aryl methyl sites for hydroxylation is 1. The number of hydrogen-bond donors (Lipinski definition) is 1. The van der Waals surface area contributed by atoms with Crippen LogP contribution in [0, 0.1) is 12.7 Å². The second kappa shape index (κ2) is 9.79. The highest BCUT2D eigenvalue weighted by Crippen LogP contribution is 2.31. The van der Waals surface area contributed by atoms with Gasteiger partial charge in [-0.2, -0.15) is 23.4 Å².